The van der Waals surface area contributed by atoms with E-state index in [1.54, 1.807) is 0 Å². The number of aliphatic hydroxyl groups is 1. The standard InChI is InChI=1S/C6H13NO3/c1-2-3-4(7)5(8)6(9)10/h4-5,8H,2-3,7H2,1H3,(H,9,10). The van der Waals surface area contributed by atoms with Crippen LogP contribution in [0.3, 0.4) is 0 Å². The van der Waals surface area contributed by atoms with E-state index in [2.05, 4.69) is 0 Å². The molecule has 0 fully saturated rings. The first kappa shape index (κ1) is 9.39. The molecule has 0 heterocycles. The SMILES string of the molecule is CCCC(N)C(O)C(=O)O. The number of rotatable bonds is 4. The third-order valence-electron chi connectivity index (χ3n) is 1.28. The summed E-state index contributed by atoms with van der Waals surface area (Å²) in [5.41, 5.74) is 5.30. The van der Waals surface area contributed by atoms with Gasteiger partial charge in [-0.2, -0.15) is 0 Å². The Labute approximate surface area is 59.7 Å². The molecule has 0 aliphatic rings. The van der Waals surface area contributed by atoms with Gasteiger partial charge in [-0.25, -0.2) is 4.79 Å². The largest absolute Gasteiger partial charge is 0.479 e. The molecule has 0 aromatic rings. The highest BCUT2D eigenvalue weighted by Crippen LogP contribution is 1.98. The number of hydrogen-bond donors (Lipinski definition) is 3. The second-order valence-corrected chi connectivity index (χ2v) is 2.24. The summed E-state index contributed by atoms with van der Waals surface area (Å²) in [4.78, 5) is 10.1. The van der Waals surface area contributed by atoms with Crippen molar-refractivity contribution in [1.29, 1.82) is 0 Å². The van der Waals surface area contributed by atoms with Crippen LogP contribution in [0.1, 0.15) is 19.8 Å². The van der Waals surface area contributed by atoms with Gasteiger partial charge in [0.25, 0.3) is 0 Å². The van der Waals surface area contributed by atoms with Crippen LogP contribution in [0.25, 0.3) is 0 Å². The predicted octanol–water partition coefficient (Wildman–Crippen LogP) is -0.441. The molecule has 0 aliphatic carbocycles. The Morgan fingerprint density at radius 3 is 2.50 bits per heavy atom. The number of carboxylic acids is 1. The zero-order valence-corrected chi connectivity index (χ0v) is 5.95. The number of hydrogen-bond acceptors (Lipinski definition) is 3. The van der Waals surface area contributed by atoms with Crippen LogP contribution in [-0.4, -0.2) is 28.3 Å². The summed E-state index contributed by atoms with van der Waals surface area (Å²) in [5.74, 6) is -1.25. The fourth-order valence-electron chi connectivity index (χ4n) is 0.674. The molecule has 4 nitrogen and oxygen atoms in total. The van der Waals surface area contributed by atoms with Crippen molar-refractivity contribution >= 4 is 5.97 Å². The van der Waals surface area contributed by atoms with Crippen molar-refractivity contribution in [3.8, 4) is 0 Å². The fraction of sp³-hybridized carbons (Fsp3) is 0.833. The molecule has 0 bridgehead atoms. The van der Waals surface area contributed by atoms with Crippen molar-refractivity contribution in [1.82, 2.24) is 0 Å². The molecule has 0 radical (unpaired) electrons. The first-order valence-electron chi connectivity index (χ1n) is 3.26. The van der Waals surface area contributed by atoms with Gasteiger partial charge in [-0.15, -0.1) is 0 Å². The Bertz CT molecular complexity index is 116. The van der Waals surface area contributed by atoms with E-state index < -0.39 is 18.1 Å². The number of aliphatic hydroxyl groups excluding tert-OH is 1. The molecule has 0 amide bonds. The molecule has 0 aliphatic heterocycles. The first-order chi connectivity index (χ1) is 4.59. The van der Waals surface area contributed by atoms with Crippen molar-refractivity contribution in [3.63, 3.8) is 0 Å². The Kier molecular flexibility index (Phi) is 3.99. The molecule has 4 N–H and O–H groups in total. The average Bonchev–Trinajstić information content (AvgIpc) is 1.87. The van der Waals surface area contributed by atoms with Gasteiger partial charge in [0, 0.05) is 6.04 Å². The Balaban J connectivity index is 3.69. The molecule has 0 saturated heterocycles. The normalized spacial score (nSPS) is 16.3. The van der Waals surface area contributed by atoms with Crippen LogP contribution in [-0.2, 0) is 4.79 Å². The molecule has 0 aromatic carbocycles. The van der Waals surface area contributed by atoms with Crippen molar-refractivity contribution < 1.29 is 15.0 Å². The first-order valence-corrected chi connectivity index (χ1v) is 3.26. The minimum Gasteiger partial charge on any atom is -0.479 e. The van der Waals surface area contributed by atoms with E-state index in [0.717, 1.165) is 6.42 Å². The molecule has 4 heteroatoms. The van der Waals surface area contributed by atoms with Gasteiger partial charge in [0.15, 0.2) is 6.10 Å². The van der Waals surface area contributed by atoms with E-state index in [1.165, 1.54) is 0 Å². The average molecular weight is 147 g/mol. The van der Waals surface area contributed by atoms with Crippen molar-refractivity contribution in [3.05, 3.63) is 0 Å². The number of carbonyl (C=O) groups is 1. The maximum Gasteiger partial charge on any atom is 0.334 e. The molecule has 0 aromatic heterocycles. The lowest BCUT2D eigenvalue weighted by Crippen LogP contribution is -2.40. The number of aliphatic carboxylic acids is 1. The summed E-state index contributed by atoms with van der Waals surface area (Å²) < 4.78 is 0. The second-order valence-electron chi connectivity index (χ2n) is 2.24. The molecular weight excluding hydrogens is 134 g/mol. The third kappa shape index (κ3) is 2.80. The quantitative estimate of drug-likeness (QED) is 0.503. The van der Waals surface area contributed by atoms with E-state index in [9.17, 15) is 4.79 Å². The van der Waals surface area contributed by atoms with E-state index in [0.29, 0.717) is 6.42 Å². The molecule has 0 saturated carbocycles. The monoisotopic (exact) mass is 147 g/mol. The van der Waals surface area contributed by atoms with Gasteiger partial charge in [-0.1, -0.05) is 13.3 Å². The van der Waals surface area contributed by atoms with Gasteiger partial charge < -0.3 is 15.9 Å². The van der Waals surface area contributed by atoms with Crippen LogP contribution in [0.4, 0.5) is 0 Å². The lowest BCUT2D eigenvalue weighted by atomic mass is 10.1. The molecular formula is C6H13NO3. The smallest absolute Gasteiger partial charge is 0.334 e. The van der Waals surface area contributed by atoms with Gasteiger partial charge in [0.1, 0.15) is 0 Å². The van der Waals surface area contributed by atoms with Gasteiger partial charge in [0.2, 0.25) is 0 Å². The molecule has 0 rings (SSSR count). The number of carboxylic acid groups (broad SMARTS) is 1. The molecule has 10 heavy (non-hydrogen) atoms. The zero-order valence-electron chi connectivity index (χ0n) is 5.95. The van der Waals surface area contributed by atoms with Crippen molar-refractivity contribution in [2.24, 2.45) is 5.73 Å². The maximum absolute atomic E-state index is 10.1. The predicted molar refractivity (Wildman–Crippen MR) is 36.5 cm³/mol. The lowest BCUT2D eigenvalue weighted by Gasteiger charge is -2.12. The van der Waals surface area contributed by atoms with Crippen LogP contribution >= 0.6 is 0 Å². The maximum atomic E-state index is 10.1. The van der Waals surface area contributed by atoms with Gasteiger partial charge in [-0.05, 0) is 6.42 Å². The lowest BCUT2D eigenvalue weighted by molar-refractivity contribution is -0.147. The second kappa shape index (κ2) is 4.24. The Morgan fingerprint density at radius 2 is 2.20 bits per heavy atom. The van der Waals surface area contributed by atoms with E-state index in [1.807, 2.05) is 6.92 Å². The minimum absolute atomic E-state index is 0.535. The highest BCUT2D eigenvalue weighted by Gasteiger charge is 2.20. The Hall–Kier alpha value is -0.610. The van der Waals surface area contributed by atoms with E-state index in [4.69, 9.17) is 15.9 Å². The zero-order chi connectivity index (χ0) is 8.15. The highest BCUT2D eigenvalue weighted by atomic mass is 16.4. The summed E-state index contributed by atoms with van der Waals surface area (Å²) >= 11 is 0. The third-order valence-corrected chi connectivity index (χ3v) is 1.28. The summed E-state index contributed by atoms with van der Waals surface area (Å²) in [6.45, 7) is 1.88. The van der Waals surface area contributed by atoms with E-state index >= 15 is 0 Å². The van der Waals surface area contributed by atoms with Crippen LogP contribution in [0.5, 0.6) is 0 Å². The van der Waals surface area contributed by atoms with Crippen LogP contribution in [0, 0.1) is 0 Å². The summed E-state index contributed by atoms with van der Waals surface area (Å²) in [5, 5.41) is 17.1. The van der Waals surface area contributed by atoms with E-state index in [-0.39, 0.29) is 0 Å². The molecule has 60 valence electrons. The highest BCUT2D eigenvalue weighted by molar-refractivity contribution is 5.72. The number of nitrogens with two attached hydrogens (primary N) is 1. The van der Waals surface area contributed by atoms with Crippen molar-refractivity contribution in [2.75, 3.05) is 0 Å². The Morgan fingerprint density at radius 1 is 1.70 bits per heavy atom. The summed E-state index contributed by atoms with van der Waals surface area (Å²) in [6.07, 6.45) is -0.0983. The van der Waals surface area contributed by atoms with Crippen LogP contribution < -0.4 is 5.73 Å². The fourth-order valence-corrected chi connectivity index (χ4v) is 0.674. The summed E-state index contributed by atoms with van der Waals surface area (Å²) in [7, 11) is 0. The van der Waals surface area contributed by atoms with Gasteiger partial charge in [0.05, 0.1) is 0 Å². The topological polar surface area (TPSA) is 83.5 Å². The van der Waals surface area contributed by atoms with Crippen LogP contribution in [0.15, 0.2) is 0 Å². The van der Waals surface area contributed by atoms with Gasteiger partial charge in [-0.3, -0.25) is 0 Å². The molecule has 2 atom stereocenters. The van der Waals surface area contributed by atoms with Crippen LogP contribution in [0.2, 0.25) is 0 Å². The van der Waals surface area contributed by atoms with Crippen molar-refractivity contribution in [2.45, 2.75) is 31.9 Å². The molecule has 0 spiro atoms. The summed E-state index contributed by atoms with van der Waals surface area (Å²) in [6, 6.07) is -0.637. The minimum atomic E-state index is -1.42. The van der Waals surface area contributed by atoms with Gasteiger partial charge >= 0.3 is 5.97 Å². The molecule has 2 unspecified atom stereocenters.